The summed E-state index contributed by atoms with van der Waals surface area (Å²) in [5, 5.41) is 3.19. The van der Waals surface area contributed by atoms with Gasteiger partial charge < -0.3 is 10.1 Å². The molecule has 1 aliphatic heterocycles. The van der Waals surface area contributed by atoms with Gasteiger partial charge in [0.15, 0.2) is 4.75 Å². The average Bonchev–Trinajstić information content (AvgIpc) is 3.32. The number of anilines is 2. The first-order valence-electron chi connectivity index (χ1n) is 7.98. The molecule has 7 nitrogen and oxygen atoms in total. The Bertz CT molecular complexity index is 963. The van der Waals surface area contributed by atoms with Crippen LogP contribution in [0.5, 0.6) is 5.88 Å². The molecule has 4 rings (SSSR count). The molecule has 0 spiro atoms. The van der Waals surface area contributed by atoms with Gasteiger partial charge in [-0.2, -0.15) is 0 Å². The molecule has 1 aromatic carbocycles. The van der Waals surface area contributed by atoms with E-state index in [9.17, 15) is 13.2 Å². The van der Waals surface area contributed by atoms with Crippen LogP contribution in [0, 0.1) is 5.92 Å². The molecule has 26 heavy (non-hydrogen) atoms. The number of rotatable bonds is 4. The molecule has 2 atom stereocenters. The number of aromatic nitrogens is 1. The molecular weight excluding hydrogens is 378 g/mol. The molecule has 1 amide bonds. The summed E-state index contributed by atoms with van der Waals surface area (Å²) in [7, 11) is -2.33. The van der Waals surface area contributed by atoms with Crippen LogP contribution in [0.3, 0.4) is 0 Å². The molecule has 1 aromatic heterocycles. The Kier molecular flexibility index (Phi) is 3.85. The van der Waals surface area contributed by atoms with Gasteiger partial charge in [-0.25, -0.2) is 13.4 Å². The number of nitrogens with one attached hydrogen (secondary N) is 1. The van der Waals surface area contributed by atoms with Crippen molar-refractivity contribution < 1.29 is 17.9 Å². The molecule has 1 aliphatic carbocycles. The van der Waals surface area contributed by atoms with Crippen LogP contribution in [0.2, 0.25) is 5.02 Å². The number of hydrogen-bond donors (Lipinski definition) is 1. The van der Waals surface area contributed by atoms with Gasteiger partial charge in [-0.05, 0) is 36.8 Å². The van der Waals surface area contributed by atoms with Crippen molar-refractivity contribution in [2.45, 2.75) is 11.2 Å². The Morgan fingerprint density at radius 3 is 2.65 bits per heavy atom. The minimum absolute atomic E-state index is 0.227. The third kappa shape index (κ3) is 2.44. The second kappa shape index (κ2) is 5.85. The van der Waals surface area contributed by atoms with Crippen LogP contribution in [0.25, 0.3) is 0 Å². The summed E-state index contributed by atoms with van der Waals surface area (Å²) < 4.78 is 31.0. The fourth-order valence-electron chi connectivity index (χ4n) is 3.39. The number of carbonyl (C=O) groups is 1. The van der Waals surface area contributed by atoms with Crippen molar-refractivity contribution in [2.24, 2.45) is 5.92 Å². The van der Waals surface area contributed by atoms with Gasteiger partial charge in [0.25, 0.3) is 0 Å². The van der Waals surface area contributed by atoms with Gasteiger partial charge in [0, 0.05) is 23.6 Å². The maximum atomic E-state index is 13.1. The molecule has 2 aliphatic rings. The van der Waals surface area contributed by atoms with Crippen LogP contribution in [-0.4, -0.2) is 37.7 Å². The number of ether oxygens (including phenoxy) is 1. The van der Waals surface area contributed by atoms with Crippen LogP contribution in [0.15, 0.2) is 42.6 Å². The number of halogens is 1. The molecule has 0 unspecified atom stereocenters. The number of pyridine rings is 1. The number of fused-ring (bicyclic) bond motifs is 1. The number of benzene rings is 1. The van der Waals surface area contributed by atoms with E-state index in [1.54, 1.807) is 36.4 Å². The minimum Gasteiger partial charge on any atom is -0.481 e. The molecule has 0 bridgehead atoms. The largest absolute Gasteiger partial charge is 0.481 e. The standard InChI is InChI=1S/C17H16ClN3O4S/c1-25-15-7-4-13(9-19-15)20-16(22)17-8-11(17)10-21(26(17,23)24)14-5-2-12(18)3-6-14/h2-7,9,11H,8,10H2,1H3,(H,20,22)/t11-,17+/m1/s1. The third-order valence-electron chi connectivity index (χ3n) is 4.89. The first-order chi connectivity index (χ1) is 12.4. The van der Waals surface area contributed by atoms with Crippen LogP contribution in [0.1, 0.15) is 6.42 Å². The number of carbonyl (C=O) groups excluding carboxylic acids is 1. The third-order valence-corrected chi connectivity index (χ3v) is 7.69. The highest BCUT2D eigenvalue weighted by molar-refractivity contribution is 7.95. The van der Waals surface area contributed by atoms with Crippen molar-refractivity contribution in [1.82, 2.24) is 4.98 Å². The quantitative estimate of drug-likeness (QED) is 0.860. The van der Waals surface area contributed by atoms with Crippen LogP contribution >= 0.6 is 11.6 Å². The molecule has 9 heteroatoms. The monoisotopic (exact) mass is 393 g/mol. The zero-order valence-electron chi connectivity index (χ0n) is 13.8. The van der Waals surface area contributed by atoms with E-state index in [4.69, 9.17) is 16.3 Å². The Morgan fingerprint density at radius 1 is 1.31 bits per heavy atom. The van der Waals surface area contributed by atoms with Crippen molar-refractivity contribution in [3.8, 4) is 5.88 Å². The van der Waals surface area contributed by atoms with Gasteiger partial charge in [-0.1, -0.05) is 11.6 Å². The first kappa shape index (κ1) is 17.1. The predicted molar refractivity (Wildman–Crippen MR) is 98.0 cm³/mol. The highest BCUT2D eigenvalue weighted by Gasteiger charge is 2.75. The second-order valence-electron chi connectivity index (χ2n) is 6.35. The Labute approximate surface area is 156 Å². The number of hydrogen-bond acceptors (Lipinski definition) is 5. The summed E-state index contributed by atoms with van der Waals surface area (Å²) in [6.45, 7) is 0.290. The highest BCUT2D eigenvalue weighted by Crippen LogP contribution is 2.58. The van der Waals surface area contributed by atoms with Gasteiger partial charge in [0.05, 0.1) is 24.7 Å². The lowest BCUT2D eigenvalue weighted by Crippen LogP contribution is -2.42. The van der Waals surface area contributed by atoms with E-state index in [0.29, 0.717) is 28.7 Å². The van der Waals surface area contributed by atoms with Crippen molar-refractivity contribution in [3.63, 3.8) is 0 Å². The topological polar surface area (TPSA) is 88.6 Å². The van der Waals surface area contributed by atoms with E-state index in [1.165, 1.54) is 17.6 Å². The maximum absolute atomic E-state index is 13.1. The summed E-state index contributed by atoms with van der Waals surface area (Å²) in [4.78, 5) is 16.8. The number of sulfonamides is 1. The van der Waals surface area contributed by atoms with Crippen LogP contribution in [0.4, 0.5) is 11.4 Å². The number of amides is 1. The van der Waals surface area contributed by atoms with E-state index in [0.717, 1.165) is 0 Å². The molecule has 1 saturated carbocycles. The summed E-state index contributed by atoms with van der Waals surface area (Å²) in [6, 6.07) is 9.77. The van der Waals surface area contributed by atoms with Gasteiger partial charge in [0.1, 0.15) is 0 Å². The van der Waals surface area contributed by atoms with Crippen LogP contribution < -0.4 is 14.4 Å². The Morgan fingerprint density at radius 2 is 2.04 bits per heavy atom. The zero-order valence-corrected chi connectivity index (χ0v) is 15.4. The van der Waals surface area contributed by atoms with E-state index in [-0.39, 0.29) is 12.5 Å². The molecule has 136 valence electrons. The summed E-state index contributed by atoms with van der Waals surface area (Å²) in [5.41, 5.74) is 0.941. The second-order valence-corrected chi connectivity index (χ2v) is 8.90. The lowest BCUT2D eigenvalue weighted by Gasteiger charge is -2.23. The Balaban J connectivity index is 1.58. The summed E-state index contributed by atoms with van der Waals surface area (Å²) >= 11 is 5.87. The SMILES string of the molecule is COc1ccc(NC(=O)[C@]23C[C@@H]2CN(c2ccc(Cl)cc2)S3(=O)=O)cn1. The fraction of sp³-hybridized carbons (Fsp3) is 0.294. The normalized spacial score (nSPS) is 25.5. The molecule has 2 aromatic rings. The zero-order chi connectivity index (χ0) is 18.5. The van der Waals surface area contributed by atoms with Crippen molar-refractivity contribution in [1.29, 1.82) is 0 Å². The van der Waals surface area contributed by atoms with Gasteiger partial charge in [-0.15, -0.1) is 0 Å². The first-order valence-corrected chi connectivity index (χ1v) is 9.79. The predicted octanol–water partition coefficient (Wildman–Crippen LogP) is 2.29. The van der Waals surface area contributed by atoms with E-state index in [1.807, 2.05) is 0 Å². The van der Waals surface area contributed by atoms with Gasteiger partial charge in [0.2, 0.25) is 21.8 Å². The molecule has 2 heterocycles. The number of methoxy groups -OCH3 is 1. The lowest BCUT2D eigenvalue weighted by molar-refractivity contribution is -0.116. The molecular formula is C17H16ClN3O4S. The smallest absolute Gasteiger partial charge is 0.250 e. The van der Waals surface area contributed by atoms with Crippen molar-refractivity contribution in [2.75, 3.05) is 23.3 Å². The molecule has 0 radical (unpaired) electrons. The van der Waals surface area contributed by atoms with E-state index < -0.39 is 20.7 Å². The maximum Gasteiger partial charge on any atom is 0.250 e. The number of nitrogens with zero attached hydrogens (tertiary/aromatic N) is 2. The highest BCUT2D eigenvalue weighted by atomic mass is 35.5. The van der Waals surface area contributed by atoms with E-state index in [2.05, 4.69) is 10.3 Å². The van der Waals surface area contributed by atoms with Gasteiger partial charge in [-0.3, -0.25) is 9.10 Å². The summed E-state index contributed by atoms with van der Waals surface area (Å²) in [5.74, 6) is -0.340. The molecule has 1 N–H and O–H groups in total. The van der Waals surface area contributed by atoms with E-state index >= 15 is 0 Å². The minimum atomic E-state index is -3.82. The molecule has 2 fully saturated rings. The van der Waals surface area contributed by atoms with Crippen LogP contribution in [-0.2, 0) is 14.8 Å². The summed E-state index contributed by atoms with van der Waals surface area (Å²) in [6.07, 6.45) is 1.76. The van der Waals surface area contributed by atoms with Crippen molar-refractivity contribution in [3.05, 3.63) is 47.6 Å². The van der Waals surface area contributed by atoms with Gasteiger partial charge >= 0.3 is 0 Å². The van der Waals surface area contributed by atoms with Crippen molar-refractivity contribution >= 4 is 38.9 Å². The molecule has 1 saturated heterocycles. The Hall–Kier alpha value is -2.32. The fourth-order valence-corrected chi connectivity index (χ4v) is 5.88. The average molecular weight is 394 g/mol. The lowest BCUT2D eigenvalue weighted by atomic mass is 10.2.